The number of aromatic nitrogens is 3. The lowest BCUT2D eigenvalue weighted by Gasteiger charge is -2.27. The molecule has 1 aliphatic heterocycles. The molecule has 1 aliphatic rings. The van der Waals surface area contributed by atoms with Crippen molar-refractivity contribution in [2.75, 3.05) is 49.7 Å². The molecule has 9 heteroatoms. The summed E-state index contributed by atoms with van der Waals surface area (Å²) in [4.78, 5) is 14.2. The predicted octanol–water partition coefficient (Wildman–Crippen LogP) is -0.483. The van der Waals surface area contributed by atoms with Gasteiger partial charge in [-0.2, -0.15) is 15.0 Å². The molecule has 1 aromatic heterocycles. The second kappa shape index (κ2) is 6.49. The fourth-order valence-corrected chi connectivity index (χ4v) is 1.80. The molecule has 1 fully saturated rings. The third-order valence-corrected chi connectivity index (χ3v) is 3.03. The van der Waals surface area contributed by atoms with Gasteiger partial charge in [-0.05, 0) is 18.5 Å². The van der Waals surface area contributed by atoms with E-state index in [4.69, 9.17) is 21.4 Å². The average molecular weight is 304 g/mol. The molecule has 1 saturated heterocycles. The van der Waals surface area contributed by atoms with Crippen molar-refractivity contribution in [3.05, 3.63) is 5.28 Å². The molecular formula is C11H18ClN5O3. The maximum atomic E-state index is 9.73. The molecule has 0 spiro atoms. The van der Waals surface area contributed by atoms with Crippen molar-refractivity contribution in [3.8, 4) is 0 Å². The minimum absolute atomic E-state index is 0.0765. The van der Waals surface area contributed by atoms with Gasteiger partial charge in [0.25, 0.3) is 0 Å². The van der Waals surface area contributed by atoms with Gasteiger partial charge in [0.2, 0.25) is 17.2 Å². The second-order valence-corrected chi connectivity index (χ2v) is 5.17. The summed E-state index contributed by atoms with van der Waals surface area (Å²) >= 11 is 5.88. The fraction of sp³-hybridized carbons (Fsp3) is 0.727. The lowest BCUT2D eigenvalue weighted by Crippen LogP contribution is -2.39. The average Bonchev–Trinajstić information content (AvgIpc) is 2.46. The minimum Gasteiger partial charge on any atom is -0.393 e. The lowest BCUT2D eigenvalue weighted by molar-refractivity contribution is 0.0131. The smallest absolute Gasteiger partial charge is 0.231 e. The maximum absolute atomic E-state index is 9.73. The van der Waals surface area contributed by atoms with Crippen LogP contribution in [0.15, 0.2) is 0 Å². The van der Waals surface area contributed by atoms with Crippen LogP contribution in [0.3, 0.4) is 0 Å². The van der Waals surface area contributed by atoms with Crippen LogP contribution in [0.2, 0.25) is 5.28 Å². The maximum Gasteiger partial charge on any atom is 0.231 e. The van der Waals surface area contributed by atoms with Gasteiger partial charge in [-0.25, -0.2) is 0 Å². The molecule has 2 heterocycles. The summed E-state index contributed by atoms with van der Waals surface area (Å²) in [5.74, 6) is 0.736. The van der Waals surface area contributed by atoms with Crippen LogP contribution in [0.25, 0.3) is 0 Å². The highest BCUT2D eigenvalue weighted by molar-refractivity contribution is 6.28. The number of aliphatic hydroxyl groups excluding tert-OH is 1. The molecule has 20 heavy (non-hydrogen) atoms. The van der Waals surface area contributed by atoms with Crippen LogP contribution in [0.5, 0.6) is 0 Å². The van der Waals surface area contributed by atoms with Crippen LogP contribution >= 0.6 is 11.6 Å². The zero-order valence-corrected chi connectivity index (χ0v) is 12.0. The van der Waals surface area contributed by atoms with Gasteiger partial charge >= 0.3 is 0 Å². The Bertz CT molecular complexity index is 454. The van der Waals surface area contributed by atoms with E-state index in [1.165, 1.54) is 6.92 Å². The first-order valence-electron chi connectivity index (χ1n) is 6.31. The Hall–Kier alpha value is -1.22. The molecule has 1 aromatic rings. The summed E-state index contributed by atoms with van der Waals surface area (Å²) < 4.78 is 5.27. The van der Waals surface area contributed by atoms with E-state index in [9.17, 15) is 5.11 Å². The normalized spacial score (nSPS) is 18.7. The van der Waals surface area contributed by atoms with Gasteiger partial charge in [-0.3, -0.25) is 0 Å². The first-order valence-corrected chi connectivity index (χ1v) is 6.69. The van der Waals surface area contributed by atoms with E-state index in [-0.39, 0.29) is 24.4 Å². The van der Waals surface area contributed by atoms with E-state index in [1.54, 1.807) is 0 Å². The Balaban J connectivity index is 2.08. The molecule has 112 valence electrons. The number of rotatable bonds is 5. The highest BCUT2D eigenvalue weighted by Crippen LogP contribution is 2.15. The van der Waals surface area contributed by atoms with Gasteiger partial charge in [-0.15, -0.1) is 0 Å². The first-order chi connectivity index (χ1) is 9.50. The Morgan fingerprint density at radius 2 is 2.05 bits per heavy atom. The van der Waals surface area contributed by atoms with Crippen molar-refractivity contribution in [2.24, 2.45) is 0 Å². The van der Waals surface area contributed by atoms with Crippen LogP contribution in [-0.2, 0) is 4.74 Å². The van der Waals surface area contributed by atoms with Crippen LogP contribution in [0, 0.1) is 0 Å². The van der Waals surface area contributed by atoms with Gasteiger partial charge in [0.15, 0.2) is 0 Å². The largest absolute Gasteiger partial charge is 0.393 e. The molecular weight excluding hydrogens is 286 g/mol. The summed E-state index contributed by atoms with van der Waals surface area (Å²) in [5.41, 5.74) is -1.25. The topological polar surface area (TPSA) is 104 Å². The molecule has 0 aromatic carbocycles. The van der Waals surface area contributed by atoms with E-state index < -0.39 is 5.60 Å². The van der Waals surface area contributed by atoms with Crippen LogP contribution in [-0.4, -0.2) is 70.2 Å². The number of hydrogen-bond acceptors (Lipinski definition) is 8. The van der Waals surface area contributed by atoms with E-state index in [0.29, 0.717) is 32.3 Å². The molecule has 0 aliphatic carbocycles. The third kappa shape index (κ3) is 4.14. The van der Waals surface area contributed by atoms with E-state index in [0.717, 1.165) is 0 Å². The number of hydrogen-bond donors (Lipinski definition) is 3. The second-order valence-electron chi connectivity index (χ2n) is 4.84. The van der Waals surface area contributed by atoms with Crippen LogP contribution in [0.1, 0.15) is 6.92 Å². The van der Waals surface area contributed by atoms with Crippen molar-refractivity contribution in [2.45, 2.75) is 12.5 Å². The monoisotopic (exact) mass is 303 g/mol. The molecule has 0 radical (unpaired) electrons. The number of morpholine rings is 1. The zero-order chi connectivity index (χ0) is 14.6. The quantitative estimate of drug-likeness (QED) is 0.670. The molecule has 0 bridgehead atoms. The van der Waals surface area contributed by atoms with Crippen molar-refractivity contribution < 1.29 is 14.9 Å². The van der Waals surface area contributed by atoms with E-state index >= 15 is 0 Å². The number of halogens is 1. The highest BCUT2D eigenvalue weighted by Gasteiger charge is 2.20. The van der Waals surface area contributed by atoms with Crippen molar-refractivity contribution in [3.63, 3.8) is 0 Å². The Labute approximate surface area is 121 Å². The van der Waals surface area contributed by atoms with Gasteiger partial charge in [0.1, 0.15) is 5.60 Å². The summed E-state index contributed by atoms with van der Waals surface area (Å²) in [5, 5.41) is 21.6. The van der Waals surface area contributed by atoms with Crippen molar-refractivity contribution in [1.29, 1.82) is 0 Å². The van der Waals surface area contributed by atoms with Crippen LogP contribution in [0.4, 0.5) is 11.9 Å². The van der Waals surface area contributed by atoms with Crippen molar-refractivity contribution >= 4 is 23.5 Å². The number of nitrogens with zero attached hydrogens (tertiary/aromatic N) is 4. The SMILES string of the molecule is CC(O)(CO)CNc1nc(Cl)nc(N2CCOCC2)n1. The van der Waals surface area contributed by atoms with Gasteiger partial charge in [0.05, 0.1) is 19.8 Å². The molecule has 8 nitrogen and oxygen atoms in total. The Morgan fingerprint density at radius 1 is 1.35 bits per heavy atom. The van der Waals surface area contributed by atoms with Crippen molar-refractivity contribution in [1.82, 2.24) is 15.0 Å². The minimum atomic E-state index is -1.25. The standard InChI is InChI=1S/C11H18ClN5O3/c1-11(19,7-18)6-13-9-14-8(12)15-10(16-9)17-2-4-20-5-3-17/h18-19H,2-7H2,1H3,(H,13,14,15,16). The summed E-state index contributed by atoms with van der Waals surface area (Å²) in [6, 6.07) is 0. The third-order valence-electron chi connectivity index (χ3n) is 2.86. The fourth-order valence-electron chi connectivity index (χ4n) is 1.65. The number of ether oxygens (including phenoxy) is 1. The van der Waals surface area contributed by atoms with Gasteiger partial charge < -0.3 is 25.2 Å². The summed E-state index contributed by atoms with van der Waals surface area (Å²) in [6.45, 7) is 3.85. The highest BCUT2D eigenvalue weighted by atomic mass is 35.5. The molecule has 3 N–H and O–H groups in total. The molecule has 2 rings (SSSR count). The first kappa shape index (κ1) is 15.2. The summed E-state index contributed by atoms with van der Waals surface area (Å²) in [7, 11) is 0. The predicted molar refractivity (Wildman–Crippen MR) is 74.1 cm³/mol. The summed E-state index contributed by atoms with van der Waals surface area (Å²) in [6.07, 6.45) is 0. The molecule has 0 saturated carbocycles. The molecule has 0 amide bonds. The number of anilines is 2. The zero-order valence-electron chi connectivity index (χ0n) is 11.2. The van der Waals surface area contributed by atoms with Gasteiger partial charge in [0, 0.05) is 19.6 Å². The van der Waals surface area contributed by atoms with Gasteiger partial charge in [-0.1, -0.05) is 0 Å². The van der Waals surface area contributed by atoms with E-state index in [1.807, 2.05) is 4.90 Å². The number of nitrogens with one attached hydrogen (secondary N) is 1. The Kier molecular flexibility index (Phi) is 4.92. The van der Waals surface area contributed by atoms with E-state index in [2.05, 4.69) is 20.3 Å². The number of aliphatic hydroxyl groups is 2. The molecule has 1 atom stereocenters. The molecule has 1 unspecified atom stereocenters. The van der Waals surface area contributed by atoms with Crippen LogP contribution < -0.4 is 10.2 Å². The lowest BCUT2D eigenvalue weighted by atomic mass is 10.1. The Morgan fingerprint density at radius 3 is 2.70 bits per heavy atom.